The van der Waals surface area contributed by atoms with Crippen molar-refractivity contribution in [1.29, 1.82) is 0 Å². The number of ether oxygens (including phenoxy) is 5. The number of ketones is 3. The molecule has 0 spiro atoms. The van der Waals surface area contributed by atoms with Crippen molar-refractivity contribution in [3.63, 3.8) is 0 Å². The average molecular weight is 1000 g/mol. The first-order valence-corrected chi connectivity index (χ1v) is 25.9. The van der Waals surface area contributed by atoms with Crippen LogP contribution in [0.15, 0.2) is 47.6 Å². The van der Waals surface area contributed by atoms with Crippen molar-refractivity contribution in [1.82, 2.24) is 9.96 Å². The van der Waals surface area contributed by atoms with Gasteiger partial charge in [0.05, 0.1) is 31.0 Å². The smallest absolute Gasteiger partial charge is 0.434 e. The molecule has 4 aliphatic rings. The van der Waals surface area contributed by atoms with Crippen molar-refractivity contribution in [2.24, 2.45) is 35.5 Å². The number of fused-ring (bicyclic) bond motifs is 3. The first-order chi connectivity index (χ1) is 33.6. The number of Topliss-reactive ketones (excluding diaryl/α,β-unsaturated/α-hetero) is 3. The lowest BCUT2D eigenvalue weighted by Gasteiger charge is -2.43. The number of esters is 1. The molecular formula is C54H84N2O15. The summed E-state index contributed by atoms with van der Waals surface area (Å²) in [5.41, 5.74) is 0.866. The van der Waals surface area contributed by atoms with Gasteiger partial charge in [-0.15, -0.1) is 0 Å². The Kier molecular flexibility index (Phi) is 23.3. The molecule has 0 aromatic rings. The van der Waals surface area contributed by atoms with Gasteiger partial charge in [-0.1, -0.05) is 78.0 Å². The van der Waals surface area contributed by atoms with Gasteiger partial charge in [0.25, 0.3) is 11.7 Å². The highest BCUT2D eigenvalue weighted by Crippen LogP contribution is 2.38. The number of hydrogen-bond donors (Lipinski definition) is 4. The second-order valence-corrected chi connectivity index (χ2v) is 20.8. The molecule has 4 N–H and O–H groups in total. The van der Waals surface area contributed by atoms with Crippen LogP contribution in [0.5, 0.6) is 0 Å². The zero-order valence-corrected chi connectivity index (χ0v) is 43.8. The summed E-state index contributed by atoms with van der Waals surface area (Å²) >= 11 is 0. The molecule has 1 aliphatic carbocycles. The van der Waals surface area contributed by atoms with E-state index in [9.17, 15) is 49.3 Å². The van der Waals surface area contributed by atoms with Crippen LogP contribution in [-0.4, -0.2) is 148 Å². The molecule has 3 heterocycles. The lowest BCUT2D eigenvalue weighted by Crippen LogP contribution is -2.61. The number of amides is 2. The summed E-state index contributed by atoms with van der Waals surface area (Å²) in [6, 6.07) is -2.26. The molecule has 2 bridgehead atoms. The molecule has 17 heteroatoms. The molecule has 1 unspecified atom stereocenters. The van der Waals surface area contributed by atoms with Crippen molar-refractivity contribution in [3.05, 3.63) is 47.6 Å². The number of hydrogen-bond acceptors (Lipinski definition) is 15. The van der Waals surface area contributed by atoms with Crippen LogP contribution in [0.1, 0.15) is 139 Å². The number of allylic oxidation sites excluding steroid dienone is 6. The van der Waals surface area contributed by atoms with Crippen molar-refractivity contribution in [2.45, 2.75) is 193 Å². The van der Waals surface area contributed by atoms with Gasteiger partial charge in [-0.2, -0.15) is 5.06 Å². The van der Waals surface area contributed by atoms with Gasteiger partial charge >= 0.3 is 12.1 Å². The molecule has 2 saturated heterocycles. The Morgan fingerprint density at radius 3 is 2.31 bits per heavy atom. The Morgan fingerprint density at radius 2 is 1.63 bits per heavy atom. The SMILES string of the molecule is CCCOC(=O)N(O)[C@H]1C[C@@H]2CC[C@@H](C)[C@@](O)(O2)C(=O)C(=O)N2CCCC[C@H]2C(=O)OC([C@H](C)C[C@@H]2CC[C@@H](O)[C@H](OC)C2)CC(=O)[C@H](C)/C=C(\C)[C@@H](O)[C@@H](OC)C(=O)[C@H](C)C[C@H](C)/C=C/C=C/C=C/1C. The van der Waals surface area contributed by atoms with Gasteiger partial charge in [0.2, 0.25) is 5.79 Å². The van der Waals surface area contributed by atoms with E-state index < -0.39 is 89.9 Å². The predicted molar refractivity (Wildman–Crippen MR) is 263 cm³/mol. The Hall–Kier alpha value is -4.10. The molecule has 0 radical (unpaired) electrons. The highest BCUT2D eigenvalue weighted by atomic mass is 16.6. The number of piperidine rings is 1. The largest absolute Gasteiger partial charge is 0.460 e. The van der Waals surface area contributed by atoms with E-state index >= 15 is 0 Å². The van der Waals surface area contributed by atoms with Crippen LogP contribution in [0.25, 0.3) is 0 Å². The lowest BCUT2D eigenvalue weighted by molar-refractivity contribution is -0.266. The van der Waals surface area contributed by atoms with Crippen LogP contribution in [0.4, 0.5) is 4.79 Å². The van der Waals surface area contributed by atoms with E-state index in [0.717, 1.165) is 4.90 Å². The van der Waals surface area contributed by atoms with Gasteiger partial charge < -0.3 is 43.9 Å². The topological polar surface area (TPSA) is 236 Å². The minimum atomic E-state index is -2.61. The van der Waals surface area contributed by atoms with Gasteiger partial charge in [0, 0.05) is 51.4 Å². The standard InChI is InChI=1S/C54H84N2O15/c1-11-25-69-53(64)56(66)42-30-40-22-20-38(8)54(65,71-40)50(61)51(62)55-24-16-15-19-41(55)52(63)70-45(35(5)28-39-21-23-43(57)46(29-39)67-9)31-44(58)34(4)27-37(7)48(60)49(68-10)47(59)36(6)26-32(2)17-13-12-14-18-33(42)3/h12-14,17-18,27,32,34-36,38-43,45-46,48-49,57,60,65-66H,11,15-16,19-26,28-31H2,1-10H3/b14-12+,17-13+,33-18+,37-27+/t32-,34-,35-,36-,38-,39+,40+,41+,42+,43-,45?,46-,48-,49+,54-/m1/s1. The van der Waals surface area contributed by atoms with E-state index in [-0.39, 0.29) is 74.3 Å². The molecule has 0 aromatic carbocycles. The van der Waals surface area contributed by atoms with E-state index in [0.29, 0.717) is 74.0 Å². The summed E-state index contributed by atoms with van der Waals surface area (Å²) in [4.78, 5) is 85.3. The molecule has 71 heavy (non-hydrogen) atoms. The fourth-order valence-corrected chi connectivity index (χ4v) is 10.5. The van der Waals surface area contributed by atoms with Gasteiger partial charge in [0.1, 0.15) is 30.1 Å². The number of methoxy groups -OCH3 is 2. The Balaban J connectivity index is 1.75. The van der Waals surface area contributed by atoms with Gasteiger partial charge in [-0.05, 0) is 113 Å². The zero-order chi connectivity index (χ0) is 52.7. The van der Waals surface area contributed by atoms with E-state index in [1.807, 2.05) is 26.8 Å². The molecule has 2 amide bonds. The molecule has 3 fully saturated rings. The number of aliphatic hydroxyl groups excluding tert-OH is 2. The molecular weight excluding hydrogens is 917 g/mol. The molecule has 1 saturated carbocycles. The van der Waals surface area contributed by atoms with E-state index in [2.05, 4.69) is 0 Å². The molecule has 15 atom stereocenters. The number of nitrogens with zero attached hydrogens (tertiary/aromatic N) is 2. The summed E-state index contributed by atoms with van der Waals surface area (Å²) in [5.74, 6) is -8.92. The fourth-order valence-electron chi connectivity index (χ4n) is 10.5. The maximum absolute atomic E-state index is 14.5. The van der Waals surface area contributed by atoms with Crippen molar-refractivity contribution < 1.29 is 73.0 Å². The lowest BCUT2D eigenvalue weighted by atomic mass is 9.78. The van der Waals surface area contributed by atoms with Crippen molar-refractivity contribution >= 4 is 35.3 Å². The third-order valence-corrected chi connectivity index (χ3v) is 15.1. The summed E-state index contributed by atoms with van der Waals surface area (Å²) < 4.78 is 28.8. The van der Waals surface area contributed by atoms with Crippen LogP contribution >= 0.6 is 0 Å². The second-order valence-electron chi connectivity index (χ2n) is 20.8. The van der Waals surface area contributed by atoms with Crippen LogP contribution in [-0.2, 0) is 47.7 Å². The number of carbonyl (C=O) groups excluding carboxylic acids is 6. The maximum Gasteiger partial charge on any atom is 0.434 e. The summed E-state index contributed by atoms with van der Waals surface area (Å²) in [6.45, 7) is 14.1. The number of rotatable bonds is 8. The van der Waals surface area contributed by atoms with Crippen molar-refractivity contribution in [3.8, 4) is 0 Å². The fraction of sp³-hybridized carbons (Fsp3) is 0.741. The molecule has 4 rings (SSSR count). The van der Waals surface area contributed by atoms with Crippen LogP contribution in [0.2, 0.25) is 0 Å². The quantitative estimate of drug-likeness (QED) is 0.0646. The number of hydroxylamine groups is 2. The van der Waals surface area contributed by atoms with E-state index in [1.165, 1.54) is 7.11 Å². The monoisotopic (exact) mass is 1000 g/mol. The van der Waals surface area contributed by atoms with Gasteiger partial charge in [-0.25, -0.2) is 9.59 Å². The van der Waals surface area contributed by atoms with E-state index in [4.69, 9.17) is 23.7 Å². The molecule has 17 nitrogen and oxygen atoms in total. The number of cyclic esters (lactones) is 1. The third-order valence-electron chi connectivity index (χ3n) is 15.1. The minimum absolute atomic E-state index is 0.0143. The Labute approximate surface area is 420 Å². The normalized spacial score (nSPS) is 37.9. The first-order valence-electron chi connectivity index (χ1n) is 25.9. The molecule has 400 valence electrons. The van der Waals surface area contributed by atoms with Crippen molar-refractivity contribution in [2.75, 3.05) is 27.4 Å². The predicted octanol–water partition coefficient (Wildman–Crippen LogP) is 6.77. The zero-order valence-electron chi connectivity index (χ0n) is 43.8. The third kappa shape index (κ3) is 15.9. The second kappa shape index (κ2) is 27.8. The van der Waals surface area contributed by atoms with Crippen LogP contribution in [0.3, 0.4) is 0 Å². The maximum atomic E-state index is 14.5. The summed E-state index contributed by atoms with van der Waals surface area (Å²) in [6.07, 6.45) is 8.70. The highest BCUT2D eigenvalue weighted by Gasteiger charge is 2.53. The van der Waals surface area contributed by atoms with Crippen LogP contribution < -0.4 is 0 Å². The van der Waals surface area contributed by atoms with E-state index in [1.54, 1.807) is 72.1 Å². The average Bonchev–Trinajstić information content (AvgIpc) is 3.34. The highest BCUT2D eigenvalue weighted by molar-refractivity contribution is 6.39. The van der Waals surface area contributed by atoms with Gasteiger partial charge in [-0.3, -0.25) is 24.4 Å². The Bertz CT molecular complexity index is 1950. The number of carbonyl (C=O) groups is 6. The number of aliphatic hydroxyl groups is 3. The molecule has 0 aromatic heterocycles. The first kappa shape index (κ1) is 59.5. The Morgan fingerprint density at radius 1 is 0.915 bits per heavy atom. The summed E-state index contributed by atoms with van der Waals surface area (Å²) in [5, 5.41) is 45.8. The summed E-state index contributed by atoms with van der Waals surface area (Å²) in [7, 11) is 2.90. The van der Waals surface area contributed by atoms with Crippen LogP contribution in [0, 0.1) is 35.5 Å². The minimum Gasteiger partial charge on any atom is -0.460 e. The molecule has 3 aliphatic heterocycles. The van der Waals surface area contributed by atoms with Gasteiger partial charge in [0.15, 0.2) is 5.78 Å².